The first kappa shape index (κ1) is 29.3. The maximum Gasteiger partial charge on any atom is 0.298 e. The summed E-state index contributed by atoms with van der Waals surface area (Å²) in [5, 5.41) is 0. The van der Waals surface area contributed by atoms with Gasteiger partial charge in [-0.1, -0.05) is 81.8 Å². The fourth-order valence-electron chi connectivity index (χ4n) is 3.41. The summed E-state index contributed by atoms with van der Waals surface area (Å²) in [4.78, 5) is 18.8. The zero-order chi connectivity index (χ0) is 24.4. The smallest absolute Gasteiger partial charge is 0.298 e. The van der Waals surface area contributed by atoms with Crippen molar-refractivity contribution in [1.82, 2.24) is 0 Å². The fourth-order valence-corrected chi connectivity index (χ4v) is 3.41. The molecule has 1 aromatic carbocycles. The molecule has 1 fully saturated rings. The van der Waals surface area contributed by atoms with E-state index < -0.39 is 0 Å². The standard InChI is InChI=1S/C16H24O.C9H12O2.C3H4O/c1-12-4-7-14(8-5-12)16-9-6-13(2)10-15(16)11-17-3;1-4-8(2)5-6-9(3)11-7-10;1-2-3-4/h6,9-10,12,14H,4-5,7-8,11H2,1-3H3;5-7H,2-4H2,1H3;2-3H,1H2/b;6-5-;. The van der Waals surface area contributed by atoms with Crippen molar-refractivity contribution in [2.75, 3.05) is 7.11 Å². The van der Waals surface area contributed by atoms with Crippen LogP contribution in [-0.2, 0) is 25.7 Å². The third-order valence-electron chi connectivity index (χ3n) is 5.31. The van der Waals surface area contributed by atoms with Crippen molar-refractivity contribution < 1.29 is 19.1 Å². The Morgan fingerprint density at radius 2 is 1.75 bits per heavy atom. The topological polar surface area (TPSA) is 52.6 Å². The maximum absolute atomic E-state index is 9.79. The molecule has 0 amide bonds. The number of allylic oxidation sites excluding steroid dienone is 4. The Bertz CT molecular complexity index is 747. The third kappa shape index (κ3) is 12.9. The molecule has 0 radical (unpaired) electrons. The van der Waals surface area contributed by atoms with Crippen LogP contribution in [0, 0.1) is 12.8 Å². The Morgan fingerprint density at radius 1 is 1.12 bits per heavy atom. The number of aryl methyl sites for hydroxylation is 1. The molecule has 0 bridgehead atoms. The molecule has 32 heavy (non-hydrogen) atoms. The van der Waals surface area contributed by atoms with Crippen molar-refractivity contribution in [3.8, 4) is 0 Å². The minimum Gasteiger partial charge on any atom is -0.429 e. The van der Waals surface area contributed by atoms with Gasteiger partial charge in [0.1, 0.15) is 12.0 Å². The van der Waals surface area contributed by atoms with Crippen molar-refractivity contribution in [2.45, 2.75) is 65.4 Å². The van der Waals surface area contributed by atoms with E-state index in [0.717, 1.165) is 30.4 Å². The van der Waals surface area contributed by atoms with Crippen LogP contribution in [0.15, 0.2) is 67.5 Å². The zero-order valence-electron chi connectivity index (χ0n) is 20.3. The number of hydrogen-bond donors (Lipinski definition) is 0. The van der Waals surface area contributed by atoms with E-state index in [1.54, 1.807) is 19.3 Å². The lowest BCUT2D eigenvalue weighted by molar-refractivity contribution is -0.124. The average Bonchev–Trinajstić information content (AvgIpc) is 2.79. The van der Waals surface area contributed by atoms with Gasteiger partial charge in [-0.25, -0.2) is 0 Å². The molecule has 4 heteroatoms. The van der Waals surface area contributed by atoms with E-state index in [1.807, 2.05) is 6.92 Å². The van der Waals surface area contributed by atoms with E-state index in [9.17, 15) is 4.79 Å². The van der Waals surface area contributed by atoms with E-state index in [4.69, 9.17) is 9.53 Å². The highest BCUT2D eigenvalue weighted by Crippen LogP contribution is 2.37. The number of benzene rings is 1. The van der Waals surface area contributed by atoms with Crippen LogP contribution in [0.2, 0.25) is 0 Å². The summed E-state index contributed by atoms with van der Waals surface area (Å²) in [7, 11) is 1.79. The first-order valence-electron chi connectivity index (χ1n) is 11.1. The molecule has 176 valence electrons. The minimum atomic E-state index is 0.328. The van der Waals surface area contributed by atoms with Crippen LogP contribution < -0.4 is 0 Å². The van der Waals surface area contributed by atoms with Gasteiger partial charge in [0.15, 0.2) is 0 Å². The van der Waals surface area contributed by atoms with Gasteiger partial charge >= 0.3 is 0 Å². The van der Waals surface area contributed by atoms with Crippen molar-refractivity contribution in [2.24, 2.45) is 5.92 Å². The summed E-state index contributed by atoms with van der Waals surface area (Å²) in [6.45, 7) is 17.9. The molecular weight excluding hydrogens is 400 g/mol. The Hall–Kier alpha value is -2.72. The zero-order valence-corrected chi connectivity index (χ0v) is 20.3. The van der Waals surface area contributed by atoms with E-state index in [0.29, 0.717) is 18.5 Å². The molecule has 0 unspecified atom stereocenters. The second kappa shape index (κ2) is 17.9. The number of rotatable bonds is 9. The van der Waals surface area contributed by atoms with Gasteiger partial charge in [-0.3, -0.25) is 9.59 Å². The molecule has 0 aromatic heterocycles. The molecule has 0 heterocycles. The SMILES string of the molecule is C=C(/C=C\C(=C)OC=O)CC.C=CC=O.COCc1cc(C)ccc1C1CCC(C)CC1. The molecule has 0 atom stereocenters. The van der Waals surface area contributed by atoms with Gasteiger partial charge in [0.2, 0.25) is 0 Å². The van der Waals surface area contributed by atoms with Gasteiger partial charge in [-0.15, -0.1) is 0 Å². The molecule has 4 nitrogen and oxygen atoms in total. The normalized spacial score (nSPS) is 17.1. The fraction of sp³-hybridized carbons (Fsp3) is 0.429. The summed E-state index contributed by atoms with van der Waals surface area (Å²) in [5.41, 5.74) is 5.24. The summed E-state index contributed by atoms with van der Waals surface area (Å²) >= 11 is 0. The van der Waals surface area contributed by atoms with Crippen LogP contribution in [0.1, 0.15) is 68.6 Å². The van der Waals surface area contributed by atoms with Crippen LogP contribution >= 0.6 is 0 Å². The highest BCUT2D eigenvalue weighted by molar-refractivity contribution is 5.63. The van der Waals surface area contributed by atoms with Gasteiger partial charge in [0, 0.05) is 7.11 Å². The minimum absolute atomic E-state index is 0.328. The summed E-state index contributed by atoms with van der Waals surface area (Å²) in [5.74, 6) is 2.01. The number of ether oxygens (including phenoxy) is 2. The quantitative estimate of drug-likeness (QED) is 0.179. The Balaban J connectivity index is 0.000000553. The molecule has 2 rings (SSSR count). The molecule has 0 spiro atoms. The second-order valence-electron chi connectivity index (χ2n) is 7.99. The van der Waals surface area contributed by atoms with Crippen LogP contribution in [0.3, 0.4) is 0 Å². The highest BCUT2D eigenvalue weighted by Gasteiger charge is 2.21. The van der Waals surface area contributed by atoms with Crippen LogP contribution in [0.25, 0.3) is 0 Å². The van der Waals surface area contributed by atoms with Gasteiger partial charge in [0.25, 0.3) is 6.47 Å². The van der Waals surface area contributed by atoms with E-state index in [-0.39, 0.29) is 0 Å². The van der Waals surface area contributed by atoms with Crippen molar-refractivity contribution in [3.63, 3.8) is 0 Å². The largest absolute Gasteiger partial charge is 0.429 e. The first-order valence-corrected chi connectivity index (χ1v) is 11.1. The van der Waals surface area contributed by atoms with Crippen LogP contribution in [-0.4, -0.2) is 19.9 Å². The molecule has 0 saturated heterocycles. The molecule has 1 aliphatic carbocycles. The van der Waals surface area contributed by atoms with Crippen LogP contribution in [0.5, 0.6) is 0 Å². The lowest BCUT2D eigenvalue weighted by atomic mass is 9.78. The Morgan fingerprint density at radius 3 is 2.25 bits per heavy atom. The third-order valence-corrected chi connectivity index (χ3v) is 5.31. The number of carbonyl (C=O) groups is 2. The molecule has 1 saturated carbocycles. The monoisotopic (exact) mass is 440 g/mol. The molecule has 0 aliphatic heterocycles. The number of aldehydes is 1. The Kier molecular flexibility index (Phi) is 16.4. The number of hydrogen-bond acceptors (Lipinski definition) is 4. The van der Waals surface area contributed by atoms with E-state index in [2.05, 4.69) is 56.5 Å². The van der Waals surface area contributed by atoms with Crippen molar-refractivity contribution in [1.29, 1.82) is 0 Å². The maximum atomic E-state index is 9.79. The highest BCUT2D eigenvalue weighted by atomic mass is 16.5. The van der Waals surface area contributed by atoms with Crippen molar-refractivity contribution in [3.05, 3.63) is 84.2 Å². The Labute approximate surface area is 194 Å². The number of carbonyl (C=O) groups excluding carboxylic acids is 2. The van der Waals surface area contributed by atoms with Gasteiger partial charge < -0.3 is 9.47 Å². The summed E-state index contributed by atoms with van der Waals surface area (Å²) < 4.78 is 9.77. The molecule has 1 aromatic rings. The van der Waals surface area contributed by atoms with E-state index >= 15 is 0 Å². The molecule has 1 aliphatic rings. The van der Waals surface area contributed by atoms with E-state index in [1.165, 1.54) is 48.4 Å². The molecule has 0 N–H and O–H groups in total. The van der Waals surface area contributed by atoms with Gasteiger partial charge in [0.05, 0.1) is 6.61 Å². The predicted octanol–water partition coefficient (Wildman–Crippen LogP) is 7.00. The van der Waals surface area contributed by atoms with Gasteiger partial charge in [-0.2, -0.15) is 0 Å². The summed E-state index contributed by atoms with van der Waals surface area (Å²) in [6.07, 6.45) is 11.6. The van der Waals surface area contributed by atoms with Gasteiger partial charge in [-0.05, 0) is 61.3 Å². The summed E-state index contributed by atoms with van der Waals surface area (Å²) in [6, 6.07) is 6.85. The number of methoxy groups -OCH3 is 1. The average molecular weight is 441 g/mol. The first-order chi connectivity index (χ1) is 15.3. The second-order valence-corrected chi connectivity index (χ2v) is 7.99. The van der Waals surface area contributed by atoms with Crippen LogP contribution in [0.4, 0.5) is 0 Å². The van der Waals surface area contributed by atoms with Crippen molar-refractivity contribution >= 4 is 12.8 Å². The lowest BCUT2D eigenvalue weighted by Gasteiger charge is -2.28. The lowest BCUT2D eigenvalue weighted by Crippen LogP contribution is -2.12. The predicted molar refractivity (Wildman–Crippen MR) is 133 cm³/mol. The molecular formula is C28H40O4.